The van der Waals surface area contributed by atoms with E-state index in [1.807, 2.05) is 9.44 Å². The monoisotopic (exact) mass is 592 g/mol. The summed E-state index contributed by atoms with van der Waals surface area (Å²) in [6, 6.07) is 18.4. The molecule has 2 amide bonds. The van der Waals surface area contributed by atoms with E-state index < -0.39 is 32.2 Å². The summed E-state index contributed by atoms with van der Waals surface area (Å²) in [5.41, 5.74) is 1.73. The molecule has 0 fully saturated rings. The van der Waals surface area contributed by atoms with Gasteiger partial charge in [-0.1, -0.05) is 47.5 Å². The zero-order chi connectivity index (χ0) is 29.2. The Morgan fingerprint density at radius 1 is 0.575 bits per heavy atom. The molecule has 0 heterocycles. The van der Waals surface area contributed by atoms with E-state index in [4.69, 9.17) is 18.9 Å². The maximum absolute atomic E-state index is 12.2. The third-order valence-electron chi connectivity index (χ3n) is 5.10. The van der Waals surface area contributed by atoms with Gasteiger partial charge in [0.2, 0.25) is 0 Å². The second-order valence-electron chi connectivity index (χ2n) is 8.25. The van der Waals surface area contributed by atoms with Gasteiger partial charge in [-0.15, -0.1) is 0 Å². The number of nitrogens with one attached hydrogen (secondary N) is 2. The molecule has 0 atom stereocenters. The van der Waals surface area contributed by atoms with Crippen LogP contribution in [0.15, 0.2) is 82.6 Å². The lowest BCUT2D eigenvalue weighted by Gasteiger charge is -2.13. The highest BCUT2D eigenvalue weighted by Crippen LogP contribution is 2.26. The van der Waals surface area contributed by atoms with Crippen molar-refractivity contribution >= 4 is 32.2 Å². The van der Waals surface area contributed by atoms with Crippen LogP contribution >= 0.6 is 0 Å². The highest BCUT2D eigenvalue weighted by atomic mass is 32.2. The predicted molar refractivity (Wildman–Crippen MR) is 143 cm³/mol. The molecule has 0 spiro atoms. The Balaban J connectivity index is 1.39. The Hall–Kier alpha value is -4.30. The molecular weight excluding hydrogens is 564 g/mol. The fraction of sp³-hybridized carbons (Fsp3) is 0.231. The predicted octanol–water partition coefficient (Wildman–Crippen LogP) is 3.29. The summed E-state index contributed by atoms with van der Waals surface area (Å²) in [5.74, 6) is 0.565. The average Bonchev–Trinajstić information content (AvgIpc) is 2.90. The quantitative estimate of drug-likeness (QED) is 0.298. The molecule has 0 aromatic heterocycles. The molecule has 0 radical (unpaired) electrons. The van der Waals surface area contributed by atoms with E-state index in [1.165, 1.54) is 24.3 Å². The summed E-state index contributed by atoms with van der Waals surface area (Å²) in [5, 5.41) is 0. The lowest BCUT2D eigenvalue weighted by atomic mass is 10.2. The van der Waals surface area contributed by atoms with Gasteiger partial charge in [0.15, 0.2) is 11.5 Å². The van der Waals surface area contributed by atoms with Gasteiger partial charge >= 0.3 is 12.2 Å². The molecule has 12 nitrogen and oxygen atoms in total. The second-order valence-corrected chi connectivity index (χ2v) is 11.6. The Bertz CT molecular complexity index is 1410. The maximum Gasteiger partial charge on any atom is 0.421 e. The van der Waals surface area contributed by atoms with Crippen molar-refractivity contribution in [3.63, 3.8) is 0 Å². The number of sulfonamides is 2. The number of ether oxygens (including phenoxy) is 4. The van der Waals surface area contributed by atoms with E-state index in [9.17, 15) is 26.4 Å². The second kappa shape index (κ2) is 13.7. The number of aryl methyl sites for hydroxylation is 2. The van der Waals surface area contributed by atoms with Crippen LogP contribution in [0.1, 0.15) is 11.1 Å². The summed E-state index contributed by atoms with van der Waals surface area (Å²) in [6.45, 7) is 2.85. The number of amides is 2. The number of hydrogen-bond donors (Lipinski definition) is 2. The molecule has 0 aliphatic rings. The Morgan fingerprint density at radius 2 is 0.925 bits per heavy atom. The summed E-state index contributed by atoms with van der Waals surface area (Å²) in [6.07, 6.45) is -2.32. The molecule has 0 aliphatic heterocycles. The lowest BCUT2D eigenvalue weighted by molar-refractivity contribution is 0.122. The van der Waals surface area contributed by atoms with Crippen LogP contribution in [0.25, 0.3) is 0 Å². The number of rotatable bonds is 12. The van der Waals surface area contributed by atoms with Crippen molar-refractivity contribution in [2.24, 2.45) is 0 Å². The van der Waals surface area contributed by atoms with Crippen molar-refractivity contribution in [1.82, 2.24) is 9.44 Å². The van der Waals surface area contributed by atoms with Crippen LogP contribution in [0.4, 0.5) is 9.59 Å². The first kappa shape index (κ1) is 30.2. The largest absolute Gasteiger partial charge is 0.486 e. The average molecular weight is 593 g/mol. The highest BCUT2D eigenvalue weighted by Gasteiger charge is 2.19. The molecule has 14 heteroatoms. The van der Waals surface area contributed by atoms with Crippen molar-refractivity contribution in [2.45, 2.75) is 23.6 Å². The molecule has 3 aromatic carbocycles. The topological polar surface area (TPSA) is 163 Å². The SMILES string of the molecule is Cc1ccc(S(=O)(=O)NC(=O)OCCOc2ccccc2OCCOC(=O)NS(=O)(=O)c2ccc(C)cc2)cc1. The van der Waals surface area contributed by atoms with Crippen LogP contribution in [-0.4, -0.2) is 55.4 Å². The van der Waals surface area contributed by atoms with Crippen LogP contribution < -0.4 is 18.9 Å². The molecule has 0 saturated carbocycles. The van der Waals surface area contributed by atoms with Crippen LogP contribution in [0.3, 0.4) is 0 Å². The number of para-hydroxylation sites is 2. The molecule has 0 unspecified atom stereocenters. The number of carbonyl (C=O) groups is 2. The van der Waals surface area contributed by atoms with E-state index in [1.54, 1.807) is 62.4 Å². The third-order valence-corrected chi connectivity index (χ3v) is 7.75. The van der Waals surface area contributed by atoms with Crippen molar-refractivity contribution in [3.8, 4) is 11.5 Å². The smallest absolute Gasteiger partial charge is 0.421 e. The van der Waals surface area contributed by atoms with Gasteiger partial charge in [-0.25, -0.2) is 35.9 Å². The molecule has 0 bridgehead atoms. The van der Waals surface area contributed by atoms with Gasteiger partial charge in [-0.05, 0) is 50.2 Å². The highest BCUT2D eigenvalue weighted by molar-refractivity contribution is 7.90. The minimum absolute atomic E-state index is 0.0771. The van der Waals surface area contributed by atoms with Crippen molar-refractivity contribution < 1.29 is 45.4 Å². The summed E-state index contributed by atoms with van der Waals surface area (Å²) in [4.78, 5) is 23.7. The van der Waals surface area contributed by atoms with E-state index in [-0.39, 0.29) is 47.7 Å². The molecule has 0 aliphatic carbocycles. The summed E-state index contributed by atoms with van der Waals surface area (Å²) in [7, 11) is -8.15. The van der Waals surface area contributed by atoms with Gasteiger partial charge < -0.3 is 18.9 Å². The summed E-state index contributed by atoms with van der Waals surface area (Å²) < 4.78 is 73.4. The first-order chi connectivity index (χ1) is 19.0. The Morgan fingerprint density at radius 3 is 1.27 bits per heavy atom. The van der Waals surface area contributed by atoms with Gasteiger partial charge in [0.1, 0.15) is 26.4 Å². The number of carbonyl (C=O) groups excluding carboxylic acids is 2. The molecular formula is C26H28N2O10S2. The van der Waals surface area contributed by atoms with Gasteiger partial charge in [-0.3, -0.25) is 0 Å². The van der Waals surface area contributed by atoms with Crippen LogP contribution in [0.5, 0.6) is 11.5 Å². The van der Waals surface area contributed by atoms with E-state index in [0.29, 0.717) is 0 Å². The van der Waals surface area contributed by atoms with E-state index in [0.717, 1.165) is 11.1 Å². The third kappa shape index (κ3) is 9.17. The van der Waals surface area contributed by atoms with E-state index in [2.05, 4.69) is 0 Å². The molecule has 3 rings (SSSR count). The zero-order valence-corrected chi connectivity index (χ0v) is 23.3. The van der Waals surface area contributed by atoms with Crippen molar-refractivity contribution in [2.75, 3.05) is 26.4 Å². The minimum atomic E-state index is -4.08. The van der Waals surface area contributed by atoms with Crippen molar-refractivity contribution in [1.29, 1.82) is 0 Å². The minimum Gasteiger partial charge on any atom is -0.486 e. The normalized spacial score (nSPS) is 11.2. The van der Waals surface area contributed by atoms with Gasteiger partial charge in [0, 0.05) is 0 Å². The lowest BCUT2D eigenvalue weighted by Crippen LogP contribution is -2.32. The standard InChI is InChI=1S/C26H28N2O10S2/c1-19-7-11-21(12-8-19)39(31,32)27-25(29)37-17-15-35-23-5-3-4-6-24(23)36-16-18-38-26(30)28-40(33,34)22-13-9-20(2)10-14-22/h3-14H,15-18H2,1-2H3,(H,27,29)(H,28,30). The van der Waals surface area contributed by atoms with Crippen LogP contribution in [0, 0.1) is 13.8 Å². The number of benzene rings is 3. The fourth-order valence-electron chi connectivity index (χ4n) is 3.09. The van der Waals surface area contributed by atoms with Crippen LogP contribution in [0.2, 0.25) is 0 Å². The van der Waals surface area contributed by atoms with Crippen LogP contribution in [-0.2, 0) is 29.5 Å². The molecule has 40 heavy (non-hydrogen) atoms. The summed E-state index contributed by atoms with van der Waals surface area (Å²) >= 11 is 0. The molecule has 214 valence electrons. The first-order valence-electron chi connectivity index (χ1n) is 11.8. The first-order valence-corrected chi connectivity index (χ1v) is 14.8. The molecule has 0 saturated heterocycles. The van der Waals surface area contributed by atoms with Gasteiger partial charge in [0.05, 0.1) is 9.79 Å². The Labute approximate surface area is 232 Å². The van der Waals surface area contributed by atoms with Crippen molar-refractivity contribution in [3.05, 3.63) is 83.9 Å². The fourth-order valence-corrected chi connectivity index (χ4v) is 4.87. The van der Waals surface area contributed by atoms with Gasteiger partial charge in [-0.2, -0.15) is 0 Å². The molecule has 3 aromatic rings. The zero-order valence-electron chi connectivity index (χ0n) is 21.7. The maximum atomic E-state index is 12.2. The Kier molecular flexibility index (Phi) is 10.3. The number of hydrogen-bond acceptors (Lipinski definition) is 10. The van der Waals surface area contributed by atoms with E-state index >= 15 is 0 Å². The van der Waals surface area contributed by atoms with Gasteiger partial charge in [0.25, 0.3) is 20.0 Å². The molecule has 2 N–H and O–H groups in total.